The fraction of sp³-hybridized carbons (Fsp3) is 0.583. The molecule has 1 aliphatic heterocycles. The molecule has 0 aromatic carbocycles. The first kappa shape index (κ1) is 12.9. The molecule has 0 aliphatic carbocycles. The third-order valence-corrected chi connectivity index (χ3v) is 4.76. The molecule has 2 heterocycles. The van der Waals surface area contributed by atoms with Crippen LogP contribution < -0.4 is 5.73 Å². The average Bonchev–Trinajstić information content (AvgIpc) is 2.74. The van der Waals surface area contributed by atoms with Gasteiger partial charge in [-0.2, -0.15) is 0 Å². The minimum absolute atomic E-state index is 0.0343. The molecule has 2 unspecified atom stereocenters. The number of hydrogen-bond donors (Lipinski definition) is 1. The second-order valence-corrected chi connectivity index (χ2v) is 5.84. The maximum atomic E-state index is 12.4. The van der Waals surface area contributed by atoms with Gasteiger partial charge >= 0.3 is 0 Å². The molecule has 1 saturated heterocycles. The minimum atomic E-state index is 0.0343. The zero-order chi connectivity index (χ0) is 12.4. The number of rotatable bonds is 2. The van der Waals surface area contributed by atoms with E-state index in [4.69, 9.17) is 17.3 Å². The molecule has 0 radical (unpaired) electrons. The van der Waals surface area contributed by atoms with Gasteiger partial charge in [-0.05, 0) is 30.2 Å². The van der Waals surface area contributed by atoms with Crippen LogP contribution in [0.2, 0.25) is 5.02 Å². The summed E-state index contributed by atoms with van der Waals surface area (Å²) in [6, 6.07) is 1.92. The van der Waals surface area contributed by atoms with Crippen molar-refractivity contribution in [3.8, 4) is 0 Å². The molecule has 1 fully saturated rings. The summed E-state index contributed by atoms with van der Waals surface area (Å²) in [6.45, 7) is 3.47. The number of likely N-dealkylation sites (tertiary alicyclic amines) is 1. The second-order valence-electron chi connectivity index (χ2n) is 4.52. The van der Waals surface area contributed by atoms with Gasteiger partial charge in [-0.15, -0.1) is 11.3 Å². The first-order chi connectivity index (χ1) is 8.15. The summed E-state index contributed by atoms with van der Waals surface area (Å²) in [5, 5.41) is 2.40. The Labute approximate surface area is 111 Å². The zero-order valence-electron chi connectivity index (χ0n) is 9.86. The summed E-state index contributed by atoms with van der Waals surface area (Å²) in [4.78, 5) is 14.9. The summed E-state index contributed by atoms with van der Waals surface area (Å²) >= 11 is 7.41. The largest absolute Gasteiger partial charge is 0.333 e. The molecule has 17 heavy (non-hydrogen) atoms. The van der Waals surface area contributed by atoms with Gasteiger partial charge in [0.2, 0.25) is 0 Å². The normalized spacial score (nSPS) is 25.0. The van der Waals surface area contributed by atoms with Crippen molar-refractivity contribution in [2.24, 2.45) is 11.7 Å². The van der Waals surface area contributed by atoms with Crippen molar-refractivity contribution >= 4 is 28.8 Å². The van der Waals surface area contributed by atoms with Gasteiger partial charge in [0.25, 0.3) is 5.91 Å². The molecule has 94 valence electrons. The second kappa shape index (κ2) is 5.38. The maximum absolute atomic E-state index is 12.4. The smallest absolute Gasteiger partial charge is 0.265 e. The Morgan fingerprint density at radius 3 is 3.06 bits per heavy atom. The van der Waals surface area contributed by atoms with Crippen LogP contribution in [0.4, 0.5) is 0 Å². The molecule has 0 saturated carbocycles. The number of thiophene rings is 1. The first-order valence-electron chi connectivity index (χ1n) is 5.89. The van der Waals surface area contributed by atoms with E-state index in [0.717, 1.165) is 19.4 Å². The van der Waals surface area contributed by atoms with Gasteiger partial charge in [-0.3, -0.25) is 4.79 Å². The molecular weight excluding hydrogens is 256 g/mol. The summed E-state index contributed by atoms with van der Waals surface area (Å²) < 4.78 is 0. The standard InChI is InChI=1S/C12H17ClN2OS/c1-8-3-2-5-15(10(8)7-14)12(16)11-9(13)4-6-17-11/h4,6,8,10H,2-3,5,7,14H2,1H3. The third kappa shape index (κ3) is 2.49. The van der Waals surface area contributed by atoms with Gasteiger partial charge in [-0.1, -0.05) is 18.5 Å². The topological polar surface area (TPSA) is 46.3 Å². The van der Waals surface area contributed by atoms with Crippen molar-refractivity contribution < 1.29 is 4.79 Å². The number of halogens is 1. The van der Waals surface area contributed by atoms with E-state index < -0.39 is 0 Å². The summed E-state index contributed by atoms with van der Waals surface area (Å²) in [5.41, 5.74) is 5.79. The van der Waals surface area contributed by atoms with Crippen LogP contribution >= 0.6 is 22.9 Å². The van der Waals surface area contributed by atoms with Crippen molar-refractivity contribution in [2.75, 3.05) is 13.1 Å². The van der Waals surface area contributed by atoms with Gasteiger partial charge in [0, 0.05) is 19.1 Å². The maximum Gasteiger partial charge on any atom is 0.265 e. The highest BCUT2D eigenvalue weighted by Gasteiger charge is 2.32. The lowest BCUT2D eigenvalue weighted by molar-refractivity contribution is 0.0537. The van der Waals surface area contributed by atoms with Crippen molar-refractivity contribution in [3.05, 3.63) is 21.3 Å². The van der Waals surface area contributed by atoms with Crippen LogP contribution in [-0.2, 0) is 0 Å². The molecule has 2 N–H and O–H groups in total. The molecule has 5 heteroatoms. The van der Waals surface area contributed by atoms with Gasteiger partial charge in [-0.25, -0.2) is 0 Å². The Morgan fingerprint density at radius 1 is 1.71 bits per heavy atom. The van der Waals surface area contributed by atoms with E-state index in [1.807, 2.05) is 10.3 Å². The van der Waals surface area contributed by atoms with Gasteiger partial charge in [0.1, 0.15) is 4.88 Å². The Kier molecular flexibility index (Phi) is 4.07. The Hall–Kier alpha value is -0.580. The molecule has 2 atom stereocenters. The average molecular weight is 273 g/mol. The van der Waals surface area contributed by atoms with Crippen molar-refractivity contribution in [2.45, 2.75) is 25.8 Å². The van der Waals surface area contributed by atoms with E-state index in [2.05, 4.69) is 6.92 Å². The monoisotopic (exact) mass is 272 g/mol. The number of nitrogens with zero attached hydrogens (tertiary/aromatic N) is 1. The predicted molar refractivity (Wildman–Crippen MR) is 71.6 cm³/mol. The fourth-order valence-corrected chi connectivity index (χ4v) is 3.53. The lowest BCUT2D eigenvalue weighted by Crippen LogP contribution is -2.51. The summed E-state index contributed by atoms with van der Waals surface area (Å²) in [6.07, 6.45) is 2.19. The quantitative estimate of drug-likeness (QED) is 0.900. The number of hydrogen-bond acceptors (Lipinski definition) is 3. The van der Waals surface area contributed by atoms with Gasteiger partial charge < -0.3 is 10.6 Å². The first-order valence-corrected chi connectivity index (χ1v) is 7.15. The number of carbonyl (C=O) groups is 1. The Morgan fingerprint density at radius 2 is 2.47 bits per heavy atom. The Bertz CT molecular complexity index is 407. The summed E-state index contributed by atoms with van der Waals surface area (Å²) in [7, 11) is 0. The van der Waals surface area contributed by atoms with E-state index in [1.165, 1.54) is 11.3 Å². The van der Waals surface area contributed by atoms with Crippen LogP contribution in [-0.4, -0.2) is 29.9 Å². The number of piperidine rings is 1. The van der Waals surface area contributed by atoms with E-state index in [0.29, 0.717) is 22.4 Å². The molecule has 1 aromatic heterocycles. The molecule has 0 spiro atoms. The molecule has 1 aromatic rings. The molecular formula is C12H17ClN2OS. The molecule has 1 aliphatic rings. The van der Waals surface area contributed by atoms with Crippen LogP contribution in [0, 0.1) is 5.92 Å². The van der Waals surface area contributed by atoms with Crippen LogP contribution in [0.15, 0.2) is 11.4 Å². The molecule has 2 rings (SSSR count). The molecule has 1 amide bonds. The third-order valence-electron chi connectivity index (χ3n) is 3.43. The van der Waals surface area contributed by atoms with Gasteiger partial charge in [0.15, 0.2) is 0 Å². The van der Waals surface area contributed by atoms with E-state index in [-0.39, 0.29) is 11.9 Å². The zero-order valence-corrected chi connectivity index (χ0v) is 11.4. The lowest BCUT2D eigenvalue weighted by atomic mass is 9.90. The number of carbonyl (C=O) groups excluding carboxylic acids is 1. The van der Waals surface area contributed by atoms with Crippen LogP contribution in [0.25, 0.3) is 0 Å². The Balaban J connectivity index is 2.21. The van der Waals surface area contributed by atoms with Crippen LogP contribution in [0.5, 0.6) is 0 Å². The van der Waals surface area contributed by atoms with E-state index in [9.17, 15) is 4.79 Å². The highest BCUT2D eigenvalue weighted by molar-refractivity contribution is 7.12. The fourth-order valence-electron chi connectivity index (χ4n) is 2.44. The molecule has 0 bridgehead atoms. The minimum Gasteiger partial charge on any atom is -0.333 e. The molecule has 3 nitrogen and oxygen atoms in total. The van der Waals surface area contributed by atoms with Crippen molar-refractivity contribution in [1.29, 1.82) is 0 Å². The number of nitrogens with two attached hydrogens (primary N) is 1. The predicted octanol–water partition coefficient (Wildman–Crippen LogP) is 2.60. The lowest BCUT2D eigenvalue weighted by Gasteiger charge is -2.39. The van der Waals surface area contributed by atoms with Gasteiger partial charge in [0.05, 0.1) is 5.02 Å². The van der Waals surface area contributed by atoms with E-state index >= 15 is 0 Å². The van der Waals surface area contributed by atoms with Crippen molar-refractivity contribution in [1.82, 2.24) is 4.90 Å². The highest BCUT2D eigenvalue weighted by atomic mass is 35.5. The summed E-state index contributed by atoms with van der Waals surface area (Å²) in [5.74, 6) is 0.503. The van der Waals surface area contributed by atoms with Crippen LogP contribution in [0.3, 0.4) is 0 Å². The highest BCUT2D eigenvalue weighted by Crippen LogP contribution is 2.28. The van der Waals surface area contributed by atoms with E-state index in [1.54, 1.807) is 6.07 Å². The van der Waals surface area contributed by atoms with Crippen LogP contribution in [0.1, 0.15) is 29.4 Å². The SMILES string of the molecule is CC1CCCN(C(=O)c2sccc2Cl)C1CN. The van der Waals surface area contributed by atoms with Crippen molar-refractivity contribution in [3.63, 3.8) is 0 Å². The number of amides is 1.